The van der Waals surface area contributed by atoms with Gasteiger partial charge in [0.25, 0.3) is 0 Å². The zero-order valence-electron chi connectivity index (χ0n) is 8.51. The van der Waals surface area contributed by atoms with Crippen molar-refractivity contribution < 1.29 is 0 Å². The van der Waals surface area contributed by atoms with Crippen molar-refractivity contribution in [2.45, 2.75) is 13.3 Å². The van der Waals surface area contributed by atoms with Crippen LogP contribution in [-0.4, -0.2) is 15.2 Å². The van der Waals surface area contributed by atoms with Crippen LogP contribution in [0.3, 0.4) is 0 Å². The highest BCUT2D eigenvalue weighted by molar-refractivity contribution is 5.59. The number of aromatic nitrogens is 3. The fourth-order valence-electron chi connectivity index (χ4n) is 1.37. The third kappa shape index (κ3) is 2.10. The summed E-state index contributed by atoms with van der Waals surface area (Å²) < 4.78 is 0. The molecule has 2 rings (SSSR count). The summed E-state index contributed by atoms with van der Waals surface area (Å²) in [4.78, 5) is 4.10. The summed E-state index contributed by atoms with van der Waals surface area (Å²) >= 11 is 0. The lowest BCUT2D eigenvalue weighted by atomic mass is 10.1. The highest BCUT2D eigenvalue weighted by Crippen LogP contribution is 2.16. The molecule has 1 aromatic carbocycles. The van der Waals surface area contributed by atoms with Crippen LogP contribution in [-0.2, 0) is 6.42 Å². The molecule has 0 aliphatic rings. The van der Waals surface area contributed by atoms with Gasteiger partial charge in [0.2, 0.25) is 5.95 Å². The second-order valence-electron chi connectivity index (χ2n) is 3.25. The molecule has 0 bridgehead atoms. The smallest absolute Gasteiger partial charge is 0.240 e. The number of hydrogen-bond acceptors (Lipinski definition) is 4. The minimum atomic E-state index is 0.201. The molecule has 0 saturated carbocycles. The van der Waals surface area contributed by atoms with E-state index in [-0.39, 0.29) is 5.95 Å². The number of nitrogen functional groups attached to an aromatic ring is 1. The van der Waals surface area contributed by atoms with Gasteiger partial charge in [-0.25, -0.2) is 4.98 Å². The number of hydrogen-bond donors (Lipinski definition) is 1. The van der Waals surface area contributed by atoms with Crippen LogP contribution in [0.5, 0.6) is 0 Å². The Morgan fingerprint density at radius 1 is 1.20 bits per heavy atom. The van der Waals surface area contributed by atoms with E-state index < -0.39 is 0 Å². The summed E-state index contributed by atoms with van der Waals surface area (Å²) in [5.74, 6) is 0.201. The molecule has 0 spiro atoms. The van der Waals surface area contributed by atoms with E-state index in [9.17, 15) is 0 Å². The molecule has 2 aromatic rings. The maximum atomic E-state index is 5.47. The Morgan fingerprint density at radius 3 is 2.53 bits per heavy atom. The molecule has 0 amide bonds. The Morgan fingerprint density at radius 2 is 1.93 bits per heavy atom. The van der Waals surface area contributed by atoms with Gasteiger partial charge in [-0.2, -0.15) is 5.10 Å². The second-order valence-corrected chi connectivity index (χ2v) is 3.25. The fourth-order valence-corrected chi connectivity index (χ4v) is 1.37. The Hall–Kier alpha value is -1.97. The first-order valence-corrected chi connectivity index (χ1v) is 4.84. The van der Waals surface area contributed by atoms with Crippen molar-refractivity contribution in [1.29, 1.82) is 0 Å². The largest absolute Gasteiger partial charge is 0.366 e. The molecule has 0 fully saturated rings. The van der Waals surface area contributed by atoms with Gasteiger partial charge in [-0.3, -0.25) is 0 Å². The van der Waals surface area contributed by atoms with Crippen LogP contribution in [0.2, 0.25) is 0 Å². The lowest BCUT2D eigenvalue weighted by Gasteiger charge is -2.01. The van der Waals surface area contributed by atoms with Crippen LogP contribution in [0.25, 0.3) is 11.3 Å². The van der Waals surface area contributed by atoms with Gasteiger partial charge in [0, 0.05) is 5.56 Å². The molecule has 0 aliphatic carbocycles. The maximum Gasteiger partial charge on any atom is 0.240 e. The Labute approximate surface area is 88.2 Å². The Balaban J connectivity index is 2.37. The molecule has 0 radical (unpaired) electrons. The molecule has 76 valence electrons. The topological polar surface area (TPSA) is 64.7 Å². The summed E-state index contributed by atoms with van der Waals surface area (Å²) in [5.41, 5.74) is 8.53. The van der Waals surface area contributed by atoms with Crippen LogP contribution >= 0.6 is 0 Å². The van der Waals surface area contributed by atoms with Crippen LogP contribution in [0.15, 0.2) is 30.5 Å². The predicted molar refractivity (Wildman–Crippen MR) is 59.1 cm³/mol. The average molecular weight is 200 g/mol. The molecular formula is C11H12N4. The standard InChI is InChI=1S/C11H12N4/c1-2-8-3-5-9(6-4-8)10-7-13-15-11(12)14-10/h3-7H,2H2,1H3,(H2,12,14,15). The normalized spacial score (nSPS) is 10.2. The number of nitrogens with zero attached hydrogens (tertiary/aromatic N) is 3. The molecule has 0 saturated heterocycles. The quantitative estimate of drug-likeness (QED) is 0.801. The van der Waals surface area contributed by atoms with E-state index in [4.69, 9.17) is 5.73 Å². The van der Waals surface area contributed by atoms with Crippen LogP contribution in [0.4, 0.5) is 5.95 Å². The van der Waals surface area contributed by atoms with Crippen LogP contribution in [0, 0.1) is 0 Å². The van der Waals surface area contributed by atoms with Gasteiger partial charge in [0.15, 0.2) is 0 Å². The fraction of sp³-hybridized carbons (Fsp3) is 0.182. The van der Waals surface area contributed by atoms with Gasteiger partial charge in [-0.1, -0.05) is 31.2 Å². The third-order valence-corrected chi connectivity index (χ3v) is 2.23. The molecule has 4 heteroatoms. The molecule has 1 aromatic heterocycles. The van der Waals surface area contributed by atoms with Gasteiger partial charge in [0.1, 0.15) is 0 Å². The Bertz CT molecular complexity index is 450. The second kappa shape index (κ2) is 4.04. The first-order chi connectivity index (χ1) is 7.29. The number of aryl methyl sites for hydroxylation is 1. The minimum Gasteiger partial charge on any atom is -0.366 e. The van der Waals surface area contributed by atoms with Crippen molar-refractivity contribution in [2.24, 2.45) is 0 Å². The third-order valence-electron chi connectivity index (χ3n) is 2.23. The number of anilines is 1. The molecule has 0 aliphatic heterocycles. The van der Waals surface area contributed by atoms with Crippen molar-refractivity contribution in [3.05, 3.63) is 36.0 Å². The van der Waals surface area contributed by atoms with Crippen molar-refractivity contribution in [1.82, 2.24) is 15.2 Å². The SMILES string of the molecule is CCc1ccc(-c2cnnc(N)n2)cc1. The van der Waals surface area contributed by atoms with E-state index in [2.05, 4.69) is 34.2 Å². The van der Waals surface area contributed by atoms with Gasteiger partial charge in [-0.15, -0.1) is 5.10 Å². The van der Waals surface area contributed by atoms with E-state index in [0.29, 0.717) is 0 Å². The average Bonchev–Trinajstić information content (AvgIpc) is 2.29. The molecule has 1 heterocycles. The molecule has 0 unspecified atom stereocenters. The summed E-state index contributed by atoms with van der Waals surface area (Å²) in [6, 6.07) is 8.19. The number of nitrogens with two attached hydrogens (primary N) is 1. The van der Waals surface area contributed by atoms with E-state index in [1.165, 1.54) is 5.56 Å². The molecular weight excluding hydrogens is 188 g/mol. The number of benzene rings is 1. The molecule has 2 N–H and O–H groups in total. The van der Waals surface area contributed by atoms with Crippen molar-refractivity contribution in [3.63, 3.8) is 0 Å². The first kappa shape index (κ1) is 9.58. The maximum absolute atomic E-state index is 5.47. The molecule has 15 heavy (non-hydrogen) atoms. The number of rotatable bonds is 2. The summed E-state index contributed by atoms with van der Waals surface area (Å²) in [6.45, 7) is 2.12. The zero-order chi connectivity index (χ0) is 10.7. The van der Waals surface area contributed by atoms with Crippen LogP contribution < -0.4 is 5.73 Å². The van der Waals surface area contributed by atoms with Crippen molar-refractivity contribution >= 4 is 5.95 Å². The van der Waals surface area contributed by atoms with Gasteiger partial charge in [-0.05, 0) is 12.0 Å². The van der Waals surface area contributed by atoms with E-state index >= 15 is 0 Å². The first-order valence-electron chi connectivity index (χ1n) is 4.84. The van der Waals surface area contributed by atoms with Crippen molar-refractivity contribution in [3.8, 4) is 11.3 Å². The van der Waals surface area contributed by atoms with Gasteiger partial charge < -0.3 is 5.73 Å². The van der Waals surface area contributed by atoms with E-state index in [1.54, 1.807) is 6.20 Å². The Kier molecular flexibility index (Phi) is 2.58. The molecule has 4 nitrogen and oxygen atoms in total. The van der Waals surface area contributed by atoms with E-state index in [1.807, 2.05) is 12.1 Å². The lowest BCUT2D eigenvalue weighted by molar-refractivity contribution is 0.990. The van der Waals surface area contributed by atoms with Gasteiger partial charge >= 0.3 is 0 Å². The summed E-state index contributed by atoms with van der Waals surface area (Å²) in [6.07, 6.45) is 2.64. The monoisotopic (exact) mass is 200 g/mol. The summed E-state index contributed by atoms with van der Waals surface area (Å²) in [7, 11) is 0. The minimum absolute atomic E-state index is 0.201. The van der Waals surface area contributed by atoms with Crippen molar-refractivity contribution in [2.75, 3.05) is 5.73 Å². The zero-order valence-corrected chi connectivity index (χ0v) is 8.51. The van der Waals surface area contributed by atoms with E-state index in [0.717, 1.165) is 17.7 Å². The summed E-state index contributed by atoms with van der Waals surface area (Å²) in [5, 5.41) is 7.38. The predicted octanol–water partition coefficient (Wildman–Crippen LogP) is 1.68. The van der Waals surface area contributed by atoms with Crippen LogP contribution in [0.1, 0.15) is 12.5 Å². The highest BCUT2D eigenvalue weighted by atomic mass is 15.2. The van der Waals surface area contributed by atoms with Gasteiger partial charge in [0.05, 0.1) is 11.9 Å². The highest BCUT2D eigenvalue weighted by Gasteiger charge is 2.00. The lowest BCUT2D eigenvalue weighted by Crippen LogP contribution is -1.98. The molecule has 0 atom stereocenters.